The van der Waals surface area contributed by atoms with Gasteiger partial charge in [0.15, 0.2) is 0 Å². The zero-order valence-electron chi connectivity index (χ0n) is 10.9. The van der Waals surface area contributed by atoms with E-state index in [2.05, 4.69) is 16.4 Å². The molecule has 0 saturated carbocycles. The van der Waals surface area contributed by atoms with E-state index in [1.807, 2.05) is 50.1 Å². The van der Waals surface area contributed by atoms with E-state index in [9.17, 15) is 0 Å². The van der Waals surface area contributed by atoms with Crippen LogP contribution in [0.15, 0.2) is 30.6 Å². The Labute approximate surface area is 113 Å². The van der Waals surface area contributed by atoms with Crippen LogP contribution in [0, 0.1) is 6.92 Å². The van der Waals surface area contributed by atoms with Gasteiger partial charge in [-0.25, -0.2) is 4.98 Å². The third-order valence-electron chi connectivity index (χ3n) is 3.25. The smallest absolute Gasteiger partial charge is 0.110 e. The highest BCUT2D eigenvalue weighted by atomic mass is 35.5. The molecule has 3 nitrogen and oxygen atoms in total. The van der Waals surface area contributed by atoms with Gasteiger partial charge in [0.05, 0.1) is 0 Å². The molecule has 18 heavy (non-hydrogen) atoms. The molecule has 1 N–H and O–H groups in total. The van der Waals surface area contributed by atoms with Crippen molar-refractivity contribution in [3.63, 3.8) is 0 Å². The highest BCUT2D eigenvalue weighted by molar-refractivity contribution is 6.32. The molecule has 0 aliphatic carbocycles. The molecule has 1 aromatic heterocycles. The van der Waals surface area contributed by atoms with Crippen LogP contribution in [0.3, 0.4) is 0 Å². The molecule has 0 radical (unpaired) electrons. The third kappa shape index (κ3) is 2.57. The van der Waals surface area contributed by atoms with Gasteiger partial charge in [-0.3, -0.25) is 0 Å². The minimum Gasteiger partial charge on any atom is -0.338 e. The van der Waals surface area contributed by atoms with Crippen LogP contribution in [0.5, 0.6) is 0 Å². The summed E-state index contributed by atoms with van der Waals surface area (Å²) in [5, 5.41) is 4.15. The zero-order chi connectivity index (χ0) is 13.1. The highest BCUT2D eigenvalue weighted by Gasteiger charge is 2.16. The first-order valence-electron chi connectivity index (χ1n) is 6.02. The van der Waals surface area contributed by atoms with E-state index in [4.69, 9.17) is 11.6 Å². The van der Waals surface area contributed by atoms with Gasteiger partial charge < -0.3 is 9.88 Å². The fourth-order valence-electron chi connectivity index (χ4n) is 2.08. The van der Waals surface area contributed by atoms with E-state index in [0.717, 1.165) is 28.4 Å². The van der Waals surface area contributed by atoms with Crippen molar-refractivity contribution in [1.82, 2.24) is 14.9 Å². The summed E-state index contributed by atoms with van der Waals surface area (Å²) < 4.78 is 2.04. The van der Waals surface area contributed by atoms with E-state index in [0.29, 0.717) is 0 Å². The number of imidazole rings is 1. The number of benzene rings is 1. The summed E-state index contributed by atoms with van der Waals surface area (Å²) in [7, 11) is 3.96. The van der Waals surface area contributed by atoms with Crippen LogP contribution in [-0.4, -0.2) is 16.6 Å². The second-order valence-electron chi connectivity index (χ2n) is 4.48. The van der Waals surface area contributed by atoms with Gasteiger partial charge in [-0.1, -0.05) is 29.8 Å². The maximum atomic E-state index is 6.38. The minimum absolute atomic E-state index is 0.179. The van der Waals surface area contributed by atoms with Crippen LogP contribution in [-0.2, 0) is 13.5 Å². The van der Waals surface area contributed by atoms with Crippen LogP contribution >= 0.6 is 11.6 Å². The molecule has 2 rings (SSSR count). The molecule has 1 unspecified atom stereocenters. The van der Waals surface area contributed by atoms with Crippen molar-refractivity contribution in [2.75, 3.05) is 7.05 Å². The van der Waals surface area contributed by atoms with Crippen molar-refractivity contribution in [3.05, 3.63) is 52.6 Å². The summed E-state index contributed by atoms with van der Waals surface area (Å²) in [5.41, 5.74) is 2.23. The number of hydrogen-bond donors (Lipinski definition) is 1. The van der Waals surface area contributed by atoms with Crippen LogP contribution < -0.4 is 5.32 Å². The lowest BCUT2D eigenvalue weighted by molar-refractivity contribution is 0.563. The average Bonchev–Trinajstić information content (AvgIpc) is 2.76. The van der Waals surface area contributed by atoms with Crippen molar-refractivity contribution in [2.24, 2.45) is 7.05 Å². The molecule has 0 amide bonds. The molecule has 4 heteroatoms. The summed E-state index contributed by atoms with van der Waals surface area (Å²) in [5.74, 6) is 1.05. The number of halogens is 1. The molecule has 1 aromatic carbocycles. The fourth-order valence-corrected chi connectivity index (χ4v) is 2.34. The van der Waals surface area contributed by atoms with Gasteiger partial charge in [-0.05, 0) is 25.1 Å². The standard InChI is InChI=1S/C14H18ClN3/c1-10-5-4-6-11(14(10)15)12(16-2)9-13-17-7-8-18(13)3/h4-8,12,16H,9H2,1-3H3. The van der Waals surface area contributed by atoms with Crippen LogP contribution in [0.2, 0.25) is 5.02 Å². The molecule has 2 aromatic rings. The molecule has 96 valence electrons. The molecule has 0 spiro atoms. The normalized spacial score (nSPS) is 12.7. The summed E-state index contributed by atoms with van der Waals surface area (Å²) in [6.45, 7) is 2.03. The van der Waals surface area contributed by atoms with Crippen molar-refractivity contribution >= 4 is 11.6 Å². The van der Waals surface area contributed by atoms with Crippen LogP contribution in [0.25, 0.3) is 0 Å². The number of aryl methyl sites for hydroxylation is 2. The van der Waals surface area contributed by atoms with Crippen molar-refractivity contribution < 1.29 is 0 Å². The predicted octanol–water partition coefficient (Wildman–Crippen LogP) is 2.89. The highest BCUT2D eigenvalue weighted by Crippen LogP contribution is 2.27. The SMILES string of the molecule is CNC(Cc1nccn1C)c1cccc(C)c1Cl. The molecular weight excluding hydrogens is 246 g/mol. The third-order valence-corrected chi connectivity index (χ3v) is 3.77. The van der Waals surface area contributed by atoms with E-state index in [1.165, 1.54) is 0 Å². The van der Waals surface area contributed by atoms with E-state index < -0.39 is 0 Å². The fraction of sp³-hybridized carbons (Fsp3) is 0.357. The van der Waals surface area contributed by atoms with Crippen molar-refractivity contribution in [3.8, 4) is 0 Å². The lowest BCUT2D eigenvalue weighted by atomic mass is 10.0. The Morgan fingerprint density at radius 1 is 1.44 bits per heavy atom. The van der Waals surface area contributed by atoms with Gasteiger partial charge in [-0.15, -0.1) is 0 Å². The van der Waals surface area contributed by atoms with Gasteiger partial charge in [0.25, 0.3) is 0 Å². The summed E-state index contributed by atoms with van der Waals surface area (Å²) in [4.78, 5) is 4.36. The first kappa shape index (κ1) is 13.1. The van der Waals surface area contributed by atoms with Crippen LogP contribution in [0.1, 0.15) is 23.0 Å². The molecular formula is C14H18ClN3. The van der Waals surface area contributed by atoms with Crippen molar-refractivity contribution in [2.45, 2.75) is 19.4 Å². The Hall–Kier alpha value is -1.32. The Bertz CT molecular complexity index is 534. The molecule has 1 atom stereocenters. The molecule has 0 saturated heterocycles. The minimum atomic E-state index is 0.179. The first-order chi connectivity index (χ1) is 8.63. The number of nitrogens with one attached hydrogen (secondary N) is 1. The zero-order valence-corrected chi connectivity index (χ0v) is 11.7. The predicted molar refractivity (Wildman–Crippen MR) is 74.9 cm³/mol. The van der Waals surface area contributed by atoms with Gasteiger partial charge in [0.1, 0.15) is 5.82 Å². The van der Waals surface area contributed by atoms with Gasteiger partial charge in [0, 0.05) is 36.9 Å². The summed E-state index contributed by atoms with van der Waals surface area (Å²) in [6.07, 6.45) is 4.60. The van der Waals surface area contributed by atoms with E-state index >= 15 is 0 Å². The number of likely N-dealkylation sites (N-methyl/N-ethyl adjacent to an activating group) is 1. The average molecular weight is 264 g/mol. The molecule has 0 aliphatic rings. The van der Waals surface area contributed by atoms with Gasteiger partial charge in [-0.2, -0.15) is 0 Å². The van der Waals surface area contributed by atoms with Gasteiger partial charge in [0.2, 0.25) is 0 Å². The Balaban J connectivity index is 2.29. The van der Waals surface area contributed by atoms with Gasteiger partial charge >= 0.3 is 0 Å². The number of aromatic nitrogens is 2. The maximum absolute atomic E-state index is 6.38. The topological polar surface area (TPSA) is 29.9 Å². The van der Waals surface area contributed by atoms with E-state index in [-0.39, 0.29) is 6.04 Å². The first-order valence-corrected chi connectivity index (χ1v) is 6.39. The van der Waals surface area contributed by atoms with Crippen molar-refractivity contribution in [1.29, 1.82) is 0 Å². The number of rotatable bonds is 4. The Morgan fingerprint density at radius 2 is 2.22 bits per heavy atom. The summed E-state index contributed by atoms with van der Waals surface area (Å²) in [6, 6.07) is 6.32. The molecule has 0 aliphatic heterocycles. The lowest BCUT2D eigenvalue weighted by Crippen LogP contribution is -2.21. The molecule has 0 bridgehead atoms. The van der Waals surface area contributed by atoms with Crippen LogP contribution in [0.4, 0.5) is 0 Å². The second-order valence-corrected chi connectivity index (χ2v) is 4.86. The Kier molecular flexibility index (Phi) is 4.04. The maximum Gasteiger partial charge on any atom is 0.110 e. The molecule has 1 heterocycles. The largest absolute Gasteiger partial charge is 0.338 e. The second kappa shape index (κ2) is 5.55. The lowest BCUT2D eigenvalue weighted by Gasteiger charge is -2.18. The molecule has 0 fully saturated rings. The Morgan fingerprint density at radius 3 is 2.83 bits per heavy atom. The summed E-state index contributed by atoms with van der Waals surface area (Å²) >= 11 is 6.38. The monoisotopic (exact) mass is 263 g/mol. The number of nitrogens with zero attached hydrogens (tertiary/aromatic N) is 2. The quantitative estimate of drug-likeness (QED) is 0.919. The number of hydrogen-bond acceptors (Lipinski definition) is 2. The van der Waals surface area contributed by atoms with E-state index in [1.54, 1.807) is 0 Å².